The zero-order chi connectivity index (χ0) is 18.0. The summed E-state index contributed by atoms with van der Waals surface area (Å²) in [4.78, 5) is 14.0. The molecule has 0 spiro atoms. The van der Waals surface area contributed by atoms with Crippen LogP contribution >= 0.6 is 0 Å². The molecule has 2 heterocycles. The van der Waals surface area contributed by atoms with Crippen molar-refractivity contribution in [3.63, 3.8) is 0 Å². The van der Waals surface area contributed by atoms with Gasteiger partial charge in [0.05, 0.1) is 6.10 Å². The lowest BCUT2D eigenvalue weighted by Crippen LogP contribution is -2.28. The Hall–Kier alpha value is -1.95. The normalized spacial score (nSPS) is 21.1. The van der Waals surface area contributed by atoms with E-state index in [1.165, 1.54) is 0 Å². The summed E-state index contributed by atoms with van der Waals surface area (Å²) in [5.41, 5.74) is 1.90. The van der Waals surface area contributed by atoms with Gasteiger partial charge >= 0.3 is 0 Å². The third kappa shape index (κ3) is 4.37. The molecule has 1 saturated carbocycles. The fourth-order valence-corrected chi connectivity index (χ4v) is 3.20. The van der Waals surface area contributed by atoms with Gasteiger partial charge in [0.2, 0.25) is 5.95 Å². The zero-order valence-electron chi connectivity index (χ0n) is 15.6. The van der Waals surface area contributed by atoms with E-state index in [1.54, 1.807) is 0 Å². The van der Waals surface area contributed by atoms with Gasteiger partial charge in [0, 0.05) is 29.4 Å². The zero-order valence-corrected chi connectivity index (χ0v) is 15.6. The first kappa shape index (κ1) is 17.9. The van der Waals surface area contributed by atoms with Gasteiger partial charge in [-0.3, -0.25) is 0 Å². The Bertz CT molecular complexity index is 723. The number of hydrogen-bond donors (Lipinski definition) is 3. The molecule has 2 aromatic heterocycles. The van der Waals surface area contributed by atoms with Gasteiger partial charge in [-0.2, -0.15) is 0 Å². The Balaban J connectivity index is 1.90. The Morgan fingerprint density at radius 3 is 2.44 bits per heavy atom. The molecule has 0 radical (unpaired) electrons. The number of anilines is 2. The number of fused-ring (bicyclic) bond motifs is 1. The van der Waals surface area contributed by atoms with Crippen LogP contribution < -0.4 is 10.6 Å². The maximum atomic E-state index is 9.65. The van der Waals surface area contributed by atoms with Crippen molar-refractivity contribution >= 4 is 22.7 Å². The van der Waals surface area contributed by atoms with Crippen LogP contribution in [0.5, 0.6) is 0 Å². The largest absolute Gasteiger partial charge is 0.393 e. The Labute approximate surface area is 149 Å². The molecule has 0 aliphatic heterocycles. The van der Waals surface area contributed by atoms with Gasteiger partial charge in [0.25, 0.3) is 0 Å². The smallest absolute Gasteiger partial charge is 0.223 e. The van der Waals surface area contributed by atoms with Crippen LogP contribution in [0.25, 0.3) is 10.9 Å². The molecule has 6 heteroatoms. The topological polar surface area (TPSA) is 83.0 Å². The lowest BCUT2D eigenvalue weighted by atomic mass is 9.93. The molecule has 6 nitrogen and oxygen atoms in total. The molecular weight excluding hydrogens is 314 g/mol. The highest BCUT2D eigenvalue weighted by Crippen LogP contribution is 2.26. The molecular formula is C19H29N5O. The van der Waals surface area contributed by atoms with E-state index >= 15 is 0 Å². The average Bonchev–Trinajstić information content (AvgIpc) is 2.56. The van der Waals surface area contributed by atoms with E-state index in [4.69, 9.17) is 9.97 Å². The number of hydrogen-bond acceptors (Lipinski definition) is 6. The number of rotatable bonds is 5. The fourth-order valence-electron chi connectivity index (χ4n) is 3.20. The lowest BCUT2D eigenvalue weighted by molar-refractivity contribution is 0.126. The van der Waals surface area contributed by atoms with E-state index in [-0.39, 0.29) is 12.1 Å². The van der Waals surface area contributed by atoms with Crippen LogP contribution in [0.3, 0.4) is 0 Å². The molecule has 3 N–H and O–H groups in total. The quantitative estimate of drug-likeness (QED) is 0.768. The van der Waals surface area contributed by atoms with Gasteiger partial charge in [-0.25, -0.2) is 15.0 Å². The minimum Gasteiger partial charge on any atom is -0.393 e. The molecule has 3 rings (SSSR count). The maximum absolute atomic E-state index is 9.65. The van der Waals surface area contributed by atoms with Crippen LogP contribution in [0, 0.1) is 0 Å². The van der Waals surface area contributed by atoms with Crippen molar-refractivity contribution in [2.75, 3.05) is 10.6 Å². The number of pyridine rings is 1. The minimum atomic E-state index is -0.156. The van der Waals surface area contributed by atoms with Crippen molar-refractivity contribution in [1.29, 1.82) is 0 Å². The average molecular weight is 343 g/mol. The molecule has 0 saturated heterocycles. The molecule has 0 bridgehead atoms. The van der Waals surface area contributed by atoms with Crippen LogP contribution in [0.15, 0.2) is 12.3 Å². The Morgan fingerprint density at radius 2 is 1.80 bits per heavy atom. The number of nitrogens with zero attached hydrogens (tertiary/aromatic N) is 3. The van der Waals surface area contributed by atoms with Crippen molar-refractivity contribution in [2.45, 2.75) is 77.5 Å². The second-order valence-electron chi connectivity index (χ2n) is 7.63. The molecule has 2 aromatic rings. The molecule has 25 heavy (non-hydrogen) atoms. The highest BCUT2D eigenvalue weighted by Gasteiger charge is 2.20. The van der Waals surface area contributed by atoms with Gasteiger partial charge in [-0.05, 0) is 51.5 Å². The van der Waals surface area contributed by atoms with Gasteiger partial charge in [0.1, 0.15) is 5.52 Å². The van der Waals surface area contributed by atoms with Gasteiger partial charge in [-0.15, -0.1) is 0 Å². The SMILES string of the molecule is CC(C)Nc1nc(C(C)C)cc2cnc(NC3CCC(O)CC3)nc12. The molecule has 0 unspecified atom stereocenters. The van der Waals surface area contributed by atoms with Gasteiger partial charge < -0.3 is 15.7 Å². The third-order valence-corrected chi connectivity index (χ3v) is 4.63. The number of aromatic nitrogens is 3. The van der Waals surface area contributed by atoms with Crippen molar-refractivity contribution in [1.82, 2.24) is 15.0 Å². The van der Waals surface area contributed by atoms with Crippen LogP contribution in [-0.4, -0.2) is 38.2 Å². The highest BCUT2D eigenvalue weighted by atomic mass is 16.3. The van der Waals surface area contributed by atoms with Gasteiger partial charge in [0.15, 0.2) is 5.82 Å². The Kier molecular flexibility index (Phi) is 5.37. The molecule has 1 aliphatic carbocycles. The standard InChI is InChI=1S/C19H29N5O/c1-11(2)16-9-13-10-20-19(22-14-5-7-15(25)8-6-14)24-17(13)18(23-16)21-12(3)4/h9-12,14-15,25H,5-8H2,1-4H3,(H,21,23)(H,20,22,24). The lowest BCUT2D eigenvalue weighted by Gasteiger charge is -2.26. The molecule has 0 aromatic carbocycles. The summed E-state index contributed by atoms with van der Waals surface area (Å²) in [6.45, 7) is 8.48. The van der Waals surface area contributed by atoms with E-state index in [0.29, 0.717) is 17.9 Å². The second-order valence-corrected chi connectivity index (χ2v) is 7.63. The summed E-state index contributed by atoms with van der Waals surface area (Å²) in [5, 5.41) is 17.5. The number of aliphatic hydroxyl groups is 1. The van der Waals surface area contributed by atoms with E-state index in [9.17, 15) is 5.11 Å². The first-order valence-corrected chi connectivity index (χ1v) is 9.31. The van der Waals surface area contributed by atoms with E-state index in [0.717, 1.165) is 48.1 Å². The van der Waals surface area contributed by atoms with Crippen LogP contribution in [0.4, 0.5) is 11.8 Å². The first-order chi connectivity index (χ1) is 11.9. The predicted molar refractivity (Wildman–Crippen MR) is 102 cm³/mol. The first-order valence-electron chi connectivity index (χ1n) is 9.31. The van der Waals surface area contributed by atoms with Crippen molar-refractivity contribution in [3.8, 4) is 0 Å². The summed E-state index contributed by atoms with van der Waals surface area (Å²) in [6.07, 6.45) is 5.29. The number of aliphatic hydroxyl groups excluding tert-OH is 1. The van der Waals surface area contributed by atoms with E-state index in [2.05, 4.69) is 49.4 Å². The van der Waals surface area contributed by atoms with Crippen LogP contribution in [0.2, 0.25) is 0 Å². The predicted octanol–water partition coefficient (Wildman–Crippen LogP) is 3.68. The molecule has 136 valence electrons. The Morgan fingerprint density at radius 1 is 1.08 bits per heavy atom. The van der Waals surface area contributed by atoms with Crippen LogP contribution in [0.1, 0.15) is 65.0 Å². The fraction of sp³-hybridized carbons (Fsp3) is 0.632. The maximum Gasteiger partial charge on any atom is 0.223 e. The molecule has 1 aliphatic rings. The summed E-state index contributed by atoms with van der Waals surface area (Å²) in [5.74, 6) is 1.81. The van der Waals surface area contributed by atoms with E-state index < -0.39 is 0 Å². The van der Waals surface area contributed by atoms with Crippen LogP contribution in [-0.2, 0) is 0 Å². The monoisotopic (exact) mass is 343 g/mol. The molecule has 0 amide bonds. The molecule has 1 fully saturated rings. The van der Waals surface area contributed by atoms with E-state index in [1.807, 2.05) is 6.20 Å². The summed E-state index contributed by atoms with van der Waals surface area (Å²) in [6, 6.07) is 2.68. The van der Waals surface area contributed by atoms with Crippen molar-refractivity contribution in [2.24, 2.45) is 0 Å². The highest BCUT2D eigenvalue weighted by molar-refractivity contribution is 5.89. The second kappa shape index (κ2) is 7.52. The summed E-state index contributed by atoms with van der Waals surface area (Å²) >= 11 is 0. The van der Waals surface area contributed by atoms with Crippen molar-refractivity contribution < 1.29 is 5.11 Å². The third-order valence-electron chi connectivity index (χ3n) is 4.63. The minimum absolute atomic E-state index is 0.156. The van der Waals surface area contributed by atoms with Crippen molar-refractivity contribution in [3.05, 3.63) is 18.0 Å². The van der Waals surface area contributed by atoms with Gasteiger partial charge in [-0.1, -0.05) is 13.8 Å². The summed E-state index contributed by atoms with van der Waals surface area (Å²) in [7, 11) is 0. The number of nitrogens with one attached hydrogen (secondary N) is 2. The molecule has 0 atom stereocenters. The summed E-state index contributed by atoms with van der Waals surface area (Å²) < 4.78 is 0.